The van der Waals surface area contributed by atoms with E-state index in [1.807, 2.05) is 32.0 Å². The van der Waals surface area contributed by atoms with Gasteiger partial charge in [-0.2, -0.15) is 0 Å². The Morgan fingerprint density at radius 3 is 2.47 bits per heavy atom. The van der Waals surface area contributed by atoms with Gasteiger partial charge in [-0.1, -0.05) is 23.8 Å². The van der Waals surface area contributed by atoms with Crippen molar-refractivity contribution in [3.8, 4) is 0 Å². The molecule has 0 radical (unpaired) electrons. The minimum Gasteiger partial charge on any atom is -0.424 e. The zero-order chi connectivity index (χ0) is 14.0. The van der Waals surface area contributed by atoms with Gasteiger partial charge in [-0.3, -0.25) is 0 Å². The summed E-state index contributed by atoms with van der Waals surface area (Å²) in [5, 5.41) is 7.35. The topological polar surface area (TPSA) is 73.1 Å². The number of aryl methyl sites for hydroxylation is 3. The lowest BCUT2D eigenvalue weighted by atomic mass is 10.1. The van der Waals surface area contributed by atoms with E-state index in [1.54, 1.807) is 6.92 Å². The maximum atomic E-state index is 12.1. The number of nitrogens with zero attached hydrogens (tertiary/aromatic N) is 2. The van der Waals surface area contributed by atoms with E-state index in [9.17, 15) is 8.42 Å². The Balaban J connectivity index is 2.19. The lowest BCUT2D eigenvalue weighted by Gasteiger charge is -2.07. The molecule has 0 aliphatic carbocycles. The van der Waals surface area contributed by atoms with Gasteiger partial charge in [-0.15, -0.1) is 10.2 Å². The molecule has 0 N–H and O–H groups in total. The van der Waals surface area contributed by atoms with E-state index in [4.69, 9.17) is 4.42 Å². The number of rotatable bonds is 4. The van der Waals surface area contributed by atoms with Gasteiger partial charge in [-0.25, -0.2) is 8.42 Å². The summed E-state index contributed by atoms with van der Waals surface area (Å²) >= 11 is 0. The summed E-state index contributed by atoms with van der Waals surface area (Å²) in [5.74, 6) is 0.281. The second-order valence-corrected chi connectivity index (χ2v) is 6.74. The largest absolute Gasteiger partial charge is 0.424 e. The summed E-state index contributed by atoms with van der Waals surface area (Å²) in [6.07, 6.45) is 0. The van der Waals surface area contributed by atoms with Crippen molar-refractivity contribution in [2.24, 2.45) is 0 Å². The average Bonchev–Trinajstić information content (AvgIpc) is 2.68. The highest BCUT2D eigenvalue weighted by molar-refractivity contribution is 7.89. The lowest BCUT2D eigenvalue weighted by molar-refractivity contribution is 0.480. The van der Waals surface area contributed by atoms with E-state index in [-0.39, 0.29) is 17.4 Å². The molecule has 1 heterocycles. The molecule has 0 aliphatic rings. The van der Waals surface area contributed by atoms with Gasteiger partial charge >= 0.3 is 0 Å². The Bertz CT molecular complexity index is 690. The van der Waals surface area contributed by atoms with Crippen molar-refractivity contribution in [1.29, 1.82) is 0 Å². The zero-order valence-electron chi connectivity index (χ0n) is 11.2. The van der Waals surface area contributed by atoms with Crippen LogP contribution in [-0.4, -0.2) is 18.6 Å². The second kappa shape index (κ2) is 5.13. The predicted molar refractivity (Wildman–Crippen MR) is 71.3 cm³/mol. The smallest absolute Gasteiger partial charge is 0.231 e. The molecule has 5 nitrogen and oxygen atoms in total. The first kappa shape index (κ1) is 13.7. The molecule has 0 unspecified atom stereocenters. The SMILES string of the molecule is Cc1ccc(C)c(CS(=O)(=O)Cc2nnc(C)o2)c1. The van der Waals surface area contributed by atoms with Crippen LogP contribution in [0.1, 0.15) is 28.5 Å². The van der Waals surface area contributed by atoms with E-state index in [0.717, 1.165) is 16.7 Å². The van der Waals surface area contributed by atoms with Gasteiger partial charge in [0.25, 0.3) is 0 Å². The molecular weight excluding hydrogens is 264 g/mol. The molecule has 2 rings (SSSR count). The molecule has 6 heteroatoms. The maximum Gasteiger partial charge on any atom is 0.231 e. The van der Waals surface area contributed by atoms with E-state index in [0.29, 0.717) is 5.89 Å². The number of aromatic nitrogens is 2. The van der Waals surface area contributed by atoms with E-state index >= 15 is 0 Å². The average molecular weight is 280 g/mol. The zero-order valence-corrected chi connectivity index (χ0v) is 12.0. The Morgan fingerprint density at radius 2 is 1.84 bits per heavy atom. The Morgan fingerprint density at radius 1 is 1.11 bits per heavy atom. The number of hydrogen-bond acceptors (Lipinski definition) is 5. The van der Waals surface area contributed by atoms with Gasteiger partial charge in [0.05, 0.1) is 5.75 Å². The van der Waals surface area contributed by atoms with Gasteiger partial charge in [0.15, 0.2) is 9.84 Å². The molecule has 0 atom stereocenters. The number of benzene rings is 1. The maximum absolute atomic E-state index is 12.1. The van der Waals surface area contributed by atoms with Crippen LogP contribution in [0.15, 0.2) is 22.6 Å². The van der Waals surface area contributed by atoms with Crippen molar-refractivity contribution in [3.63, 3.8) is 0 Å². The predicted octanol–water partition coefficient (Wildman–Crippen LogP) is 2.11. The van der Waals surface area contributed by atoms with E-state index in [2.05, 4.69) is 10.2 Å². The normalized spacial score (nSPS) is 11.7. The summed E-state index contributed by atoms with van der Waals surface area (Å²) in [5.41, 5.74) is 2.83. The molecule has 19 heavy (non-hydrogen) atoms. The van der Waals surface area contributed by atoms with Crippen LogP contribution in [-0.2, 0) is 21.3 Å². The Hall–Kier alpha value is -1.69. The third-order valence-electron chi connectivity index (χ3n) is 2.79. The van der Waals surface area contributed by atoms with Crippen LogP contribution in [0.25, 0.3) is 0 Å². The third-order valence-corrected chi connectivity index (χ3v) is 4.23. The molecule has 0 saturated carbocycles. The molecule has 1 aromatic carbocycles. The molecule has 0 fully saturated rings. The van der Waals surface area contributed by atoms with Gasteiger partial charge in [0.1, 0.15) is 5.75 Å². The van der Waals surface area contributed by atoms with E-state index in [1.165, 1.54) is 0 Å². The monoisotopic (exact) mass is 280 g/mol. The fraction of sp³-hybridized carbons (Fsp3) is 0.385. The lowest BCUT2D eigenvalue weighted by Crippen LogP contribution is -2.09. The van der Waals surface area contributed by atoms with Crippen LogP contribution < -0.4 is 0 Å². The molecule has 1 aromatic heterocycles. The first-order chi connectivity index (χ1) is 8.85. The highest BCUT2D eigenvalue weighted by atomic mass is 32.2. The first-order valence-electron chi connectivity index (χ1n) is 5.91. The summed E-state index contributed by atoms with van der Waals surface area (Å²) in [4.78, 5) is 0. The van der Waals surface area contributed by atoms with Crippen LogP contribution in [0.2, 0.25) is 0 Å². The highest BCUT2D eigenvalue weighted by Crippen LogP contribution is 2.16. The minimum atomic E-state index is -3.31. The minimum absolute atomic E-state index is 0.0120. The summed E-state index contributed by atoms with van der Waals surface area (Å²) in [7, 11) is -3.31. The Kier molecular flexibility index (Phi) is 3.71. The van der Waals surface area contributed by atoms with Crippen LogP contribution >= 0.6 is 0 Å². The molecule has 0 amide bonds. The van der Waals surface area contributed by atoms with Crippen LogP contribution in [0.5, 0.6) is 0 Å². The van der Waals surface area contributed by atoms with Crippen molar-refractivity contribution >= 4 is 9.84 Å². The molecule has 0 aliphatic heterocycles. The molecule has 0 bridgehead atoms. The van der Waals surface area contributed by atoms with Crippen LogP contribution in [0.3, 0.4) is 0 Å². The molecule has 0 spiro atoms. The highest BCUT2D eigenvalue weighted by Gasteiger charge is 2.18. The van der Waals surface area contributed by atoms with E-state index < -0.39 is 9.84 Å². The van der Waals surface area contributed by atoms with Gasteiger partial charge in [-0.05, 0) is 25.0 Å². The van der Waals surface area contributed by atoms with Crippen molar-refractivity contribution in [2.75, 3.05) is 0 Å². The van der Waals surface area contributed by atoms with Gasteiger partial charge in [0, 0.05) is 6.92 Å². The van der Waals surface area contributed by atoms with Crippen LogP contribution in [0, 0.1) is 20.8 Å². The van der Waals surface area contributed by atoms with Gasteiger partial charge < -0.3 is 4.42 Å². The van der Waals surface area contributed by atoms with Gasteiger partial charge in [0.2, 0.25) is 11.8 Å². The summed E-state index contributed by atoms with van der Waals surface area (Å²) < 4.78 is 29.3. The van der Waals surface area contributed by atoms with Crippen molar-refractivity contribution < 1.29 is 12.8 Å². The third kappa shape index (κ3) is 3.64. The van der Waals surface area contributed by atoms with Crippen molar-refractivity contribution in [1.82, 2.24) is 10.2 Å². The summed E-state index contributed by atoms with van der Waals surface area (Å²) in [6, 6.07) is 5.79. The standard InChI is InChI=1S/C13H16N2O3S/c1-9-4-5-10(2)12(6-9)7-19(16,17)8-13-15-14-11(3)18-13/h4-6H,7-8H2,1-3H3. The van der Waals surface area contributed by atoms with Crippen molar-refractivity contribution in [3.05, 3.63) is 46.7 Å². The quantitative estimate of drug-likeness (QED) is 0.857. The molecule has 102 valence electrons. The molecule has 0 saturated heterocycles. The fourth-order valence-electron chi connectivity index (χ4n) is 1.83. The van der Waals surface area contributed by atoms with Crippen molar-refractivity contribution in [2.45, 2.75) is 32.3 Å². The Labute approximate surface area is 112 Å². The molecular formula is C13H16N2O3S. The number of sulfone groups is 1. The fourth-order valence-corrected chi connectivity index (χ4v) is 3.21. The number of hydrogen-bond donors (Lipinski definition) is 0. The molecule has 2 aromatic rings. The van der Waals surface area contributed by atoms with Crippen LogP contribution in [0.4, 0.5) is 0 Å². The first-order valence-corrected chi connectivity index (χ1v) is 7.73. The summed E-state index contributed by atoms with van der Waals surface area (Å²) in [6.45, 7) is 5.48. The second-order valence-electron chi connectivity index (χ2n) is 4.68.